The molecule has 1 N–H and O–H groups in total. The average molecular weight is 440 g/mol. The molecule has 0 radical (unpaired) electrons. The Morgan fingerprint density at radius 3 is 2.68 bits per heavy atom. The number of likely N-dealkylation sites (tertiary alicyclic amines) is 1. The Labute approximate surface area is 189 Å². The van der Waals surface area contributed by atoms with Crippen LogP contribution in [0.3, 0.4) is 0 Å². The monoisotopic (exact) mass is 439 g/mol. The van der Waals surface area contributed by atoms with Gasteiger partial charge in [-0.1, -0.05) is 36.4 Å². The standard InChI is InChI=1S/C24H33N5OS/c1-17(21-14-18-9-10-19(21)13-18)25-23(30)16-31-24-27-26-22(15-28-11-5-6-12-28)29(24)20-7-3-2-4-8-20/h2-4,7-8,17-19,21H,5-6,9-16H2,1H3,(H,25,30). The quantitative estimate of drug-likeness (QED) is 0.632. The van der Waals surface area contributed by atoms with E-state index in [1.165, 1.54) is 50.3 Å². The van der Waals surface area contributed by atoms with Gasteiger partial charge in [-0.2, -0.15) is 0 Å². The summed E-state index contributed by atoms with van der Waals surface area (Å²) in [7, 11) is 0. The van der Waals surface area contributed by atoms with Crippen LogP contribution >= 0.6 is 11.8 Å². The van der Waals surface area contributed by atoms with Gasteiger partial charge in [-0.15, -0.1) is 10.2 Å². The molecule has 4 unspecified atom stereocenters. The van der Waals surface area contributed by atoms with Gasteiger partial charge < -0.3 is 5.32 Å². The van der Waals surface area contributed by atoms with Crippen LogP contribution in [0.15, 0.2) is 35.5 Å². The fraction of sp³-hybridized carbons (Fsp3) is 0.625. The first-order valence-corrected chi connectivity index (χ1v) is 12.8. The van der Waals surface area contributed by atoms with Crippen LogP contribution in [0.1, 0.15) is 51.3 Å². The molecule has 2 heterocycles. The number of nitrogens with zero attached hydrogens (tertiary/aromatic N) is 4. The van der Waals surface area contributed by atoms with E-state index >= 15 is 0 Å². The van der Waals surface area contributed by atoms with Crippen LogP contribution in [0.5, 0.6) is 0 Å². The van der Waals surface area contributed by atoms with Crippen molar-refractivity contribution >= 4 is 17.7 Å². The highest BCUT2D eigenvalue weighted by Gasteiger charge is 2.42. The fourth-order valence-electron chi connectivity index (χ4n) is 5.91. The highest BCUT2D eigenvalue weighted by Crippen LogP contribution is 2.49. The number of carbonyl (C=O) groups is 1. The van der Waals surface area contributed by atoms with Crippen molar-refractivity contribution in [3.8, 4) is 5.69 Å². The summed E-state index contributed by atoms with van der Waals surface area (Å²) in [4.78, 5) is 15.2. The maximum absolute atomic E-state index is 12.7. The highest BCUT2D eigenvalue weighted by atomic mass is 32.2. The van der Waals surface area contributed by atoms with Gasteiger partial charge in [0.15, 0.2) is 11.0 Å². The molecule has 2 aliphatic carbocycles. The Morgan fingerprint density at radius 2 is 1.97 bits per heavy atom. The summed E-state index contributed by atoms with van der Waals surface area (Å²) in [6.07, 6.45) is 7.92. The van der Waals surface area contributed by atoms with Crippen LogP contribution in [0, 0.1) is 17.8 Å². The van der Waals surface area contributed by atoms with Crippen LogP contribution < -0.4 is 5.32 Å². The minimum Gasteiger partial charge on any atom is -0.353 e. The summed E-state index contributed by atoms with van der Waals surface area (Å²) in [5.74, 6) is 3.81. The van der Waals surface area contributed by atoms with Crippen molar-refractivity contribution in [1.29, 1.82) is 0 Å². The molecule has 1 saturated heterocycles. The zero-order valence-electron chi connectivity index (χ0n) is 18.4. The first-order chi connectivity index (χ1) is 15.2. The first kappa shape index (κ1) is 21.0. The van der Waals surface area contributed by atoms with Gasteiger partial charge in [0.1, 0.15) is 0 Å². The van der Waals surface area contributed by atoms with Gasteiger partial charge in [0, 0.05) is 11.7 Å². The Morgan fingerprint density at radius 1 is 1.16 bits per heavy atom. The lowest BCUT2D eigenvalue weighted by molar-refractivity contribution is -0.119. The number of fused-ring (bicyclic) bond motifs is 2. The first-order valence-electron chi connectivity index (χ1n) is 11.8. The lowest BCUT2D eigenvalue weighted by Crippen LogP contribution is -2.40. The van der Waals surface area contributed by atoms with Crippen molar-refractivity contribution in [2.45, 2.75) is 63.2 Å². The number of amides is 1. The van der Waals surface area contributed by atoms with Crippen molar-refractivity contribution in [3.63, 3.8) is 0 Å². The van der Waals surface area contributed by atoms with Crippen molar-refractivity contribution < 1.29 is 4.79 Å². The molecule has 4 atom stereocenters. The summed E-state index contributed by atoms with van der Waals surface area (Å²) < 4.78 is 2.12. The van der Waals surface area contributed by atoms with Crippen molar-refractivity contribution in [2.24, 2.45) is 17.8 Å². The maximum Gasteiger partial charge on any atom is 0.230 e. The molecular weight excluding hydrogens is 406 g/mol. The van der Waals surface area contributed by atoms with Gasteiger partial charge in [-0.25, -0.2) is 0 Å². The van der Waals surface area contributed by atoms with Crippen molar-refractivity contribution in [3.05, 3.63) is 36.2 Å². The van der Waals surface area contributed by atoms with Crippen LogP contribution in [0.4, 0.5) is 0 Å². The number of hydrogen-bond donors (Lipinski definition) is 1. The zero-order valence-corrected chi connectivity index (χ0v) is 19.2. The number of carbonyl (C=O) groups excluding carboxylic acids is 1. The second-order valence-corrected chi connectivity index (χ2v) is 10.5. The molecule has 2 bridgehead atoms. The molecule has 3 aliphatic rings. The topological polar surface area (TPSA) is 63.1 Å². The molecule has 2 aromatic rings. The van der Waals surface area contributed by atoms with Gasteiger partial charge in [0.25, 0.3) is 0 Å². The average Bonchev–Trinajstić information content (AvgIpc) is 3.58. The van der Waals surface area contributed by atoms with E-state index in [1.54, 1.807) is 0 Å². The number of para-hydroxylation sites is 1. The third-order valence-corrected chi connectivity index (χ3v) is 8.36. The Balaban J connectivity index is 1.24. The number of thioether (sulfide) groups is 1. The predicted molar refractivity (Wildman–Crippen MR) is 123 cm³/mol. The van der Waals surface area contributed by atoms with E-state index in [4.69, 9.17) is 0 Å². The molecule has 1 amide bonds. The van der Waals surface area contributed by atoms with E-state index in [2.05, 4.69) is 44.0 Å². The highest BCUT2D eigenvalue weighted by molar-refractivity contribution is 7.99. The van der Waals surface area contributed by atoms with E-state index in [0.29, 0.717) is 11.7 Å². The molecule has 7 heteroatoms. The smallest absolute Gasteiger partial charge is 0.230 e. The van der Waals surface area contributed by atoms with E-state index in [1.807, 2.05) is 18.2 Å². The molecule has 1 aliphatic heterocycles. The van der Waals surface area contributed by atoms with Crippen LogP contribution in [0.2, 0.25) is 0 Å². The lowest BCUT2D eigenvalue weighted by Gasteiger charge is -2.28. The number of aromatic nitrogens is 3. The molecule has 31 heavy (non-hydrogen) atoms. The molecule has 6 nitrogen and oxygen atoms in total. The van der Waals surface area contributed by atoms with Crippen molar-refractivity contribution in [2.75, 3.05) is 18.8 Å². The van der Waals surface area contributed by atoms with Crippen molar-refractivity contribution in [1.82, 2.24) is 25.0 Å². The van der Waals surface area contributed by atoms with Gasteiger partial charge in [0.2, 0.25) is 5.91 Å². The largest absolute Gasteiger partial charge is 0.353 e. The van der Waals surface area contributed by atoms with E-state index in [-0.39, 0.29) is 11.9 Å². The second-order valence-electron chi connectivity index (χ2n) is 9.54. The SMILES string of the molecule is CC(NC(=O)CSc1nnc(CN2CCCC2)n1-c1ccccc1)C1CC2CCC1C2. The van der Waals surface area contributed by atoms with Crippen LogP contribution in [-0.4, -0.2) is 50.5 Å². The van der Waals surface area contributed by atoms with Gasteiger partial charge in [-0.3, -0.25) is 14.3 Å². The number of benzene rings is 1. The van der Waals surface area contributed by atoms with E-state index < -0.39 is 0 Å². The number of hydrogen-bond acceptors (Lipinski definition) is 5. The molecular formula is C24H33N5OS. The molecule has 0 spiro atoms. The van der Waals surface area contributed by atoms with E-state index in [9.17, 15) is 4.79 Å². The van der Waals surface area contributed by atoms with Gasteiger partial charge in [0.05, 0.1) is 12.3 Å². The maximum atomic E-state index is 12.7. The summed E-state index contributed by atoms with van der Waals surface area (Å²) in [6, 6.07) is 10.5. The number of nitrogens with one attached hydrogen (secondary N) is 1. The summed E-state index contributed by atoms with van der Waals surface area (Å²) in [6.45, 7) is 5.23. The normalized spacial score (nSPS) is 26.4. The summed E-state index contributed by atoms with van der Waals surface area (Å²) in [5.41, 5.74) is 1.06. The molecule has 2 saturated carbocycles. The lowest BCUT2D eigenvalue weighted by atomic mass is 9.84. The Kier molecular flexibility index (Phi) is 6.32. The third kappa shape index (κ3) is 4.67. The van der Waals surface area contributed by atoms with Crippen LogP contribution in [-0.2, 0) is 11.3 Å². The molecule has 166 valence electrons. The molecule has 5 rings (SSSR count). The molecule has 1 aromatic carbocycles. The van der Waals surface area contributed by atoms with Crippen LogP contribution in [0.25, 0.3) is 5.69 Å². The molecule has 3 fully saturated rings. The Hall–Kier alpha value is -1.86. The van der Waals surface area contributed by atoms with E-state index in [0.717, 1.165) is 48.1 Å². The second kappa shape index (κ2) is 9.33. The van der Waals surface area contributed by atoms with Gasteiger partial charge >= 0.3 is 0 Å². The minimum atomic E-state index is 0.101. The third-order valence-electron chi connectivity index (χ3n) is 7.43. The summed E-state index contributed by atoms with van der Waals surface area (Å²) in [5, 5.41) is 13.0. The predicted octanol–water partition coefficient (Wildman–Crippen LogP) is 3.90. The zero-order chi connectivity index (χ0) is 21.2. The van der Waals surface area contributed by atoms with Gasteiger partial charge in [-0.05, 0) is 82.0 Å². The fourth-order valence-corrected chi connectivity index (χ4v) is 6.69. The molecule has 1 aromatic heterocycles. The Bertz CT molecular complexity index is 895. The minimum absolute atomic E-state index is 0.101. The number of rotatable bonds is 8. The summed E-state index contributed by atoms with van der Waals surface area (Å²) >= 11 is 1.49.